The predicted octanol–water partition coefficient (Wildman–Crippen LogP) is 4.55. The van der Waals surface area contributed by atoms with Gasteiger partial charge in [0, 0.05) is 16.8 Å². The zero-order valence-corrected chi connectivity index (χ0v) is 18.6. The topological polar surface area (TPSA) is 125 Å². The molecule has 1 saturated carbocycles. The highest BCUT2D eigenvalue weighted by molar-refractivity contribution is 6.06. The molecule has 0 unspecified atom stereocenters. The zero-order valence-electron chi connectivity index (χ0n) is 18.6. The second-order valence-corrected chi connectivity index (χ2v) is 9.10. The Hall–Kier alpha value is -3.55. The standard InChI is InChI=1S/C24H30N4O4/c1-23(2,3)28(22(31)32)24(14-6-7-15-24)21(30)26-17-12-10-16(11-13-17)20(29)27-19-9-5-4-8-18(19)25/h4-5,8-13H,6-7,14-15,25H2,1-3H3,(H,26,30)(H,27,29)(H,31,32). The van der Waals surface area contributed by atoms with E-state index in [1.807, 2.05) is 0 Å². The second kappa shape index (κ2) is 8.90. The van der Waals surface area contributed by atoms with Crippen LogP contribution in [0.15, 0.2) is 48.5 Å². The maximum absolute atomic E-state index is 13.3. The number of carboxylic acid groups (broad SMARTS) is 1. The molecular weight excluding hydrogens is 408 g/mol. The van der Waals surface area contributed by atoms with Crippen LogP contribution in [0.5, 0.6) is 0 Å². The monoisotopic (exact) mass is 438 g/mol. The minimum absolute atomic E-state index is 0.321. The van der Waals surface area contributed by atoms with Crippen molar-refractivity contribution in [2.45, 2.75) is 57.5 Å². The van der Waals surface area contributed by atoms with Crippen LogP contribution in [0, 0.1) is 0 Å². The van der Waals surface area contributed by atoms with Crippen LogP contribution in [-0.2, 0) is 4.79 Å². The van der Waals surface area contributed by atoms with Crippen molar-refractivity contribution >= 4 is 35.0 Å². The first-order valence-electron chi connectivity index (χ1n) is 10.7. The van der Waals surface area contributed by atoms with E-state index in [4.69, 9.17) is 5.73 Å². The van der Waals surface area contributed by atoms with Gasteiger partial charge in [-0.1, -0.05) is 25.0 Å². The Morgan fingerprint density at radius 1 is 0.969 bits per heavy atom. The molecule has 32 heavy (non-hydrogen) atoms. The Balaban J connectivity index is 1.76. The van der Waals surface area contributed by atoms with Gasteiger partial charge in [-0.2, -0.15) is 0 Å². The lowest BCUT2D eigenvalue weighted by atomic mass is 9.88. The number of anilines is 3. The Kier molecular flexibility index (Phi) is 6.43. The summed E-state index contributed by atoms with van der Waals surface area (Å²) in [5.74, 6) is -0.667. The number of nitrogens with two attached hydrogens (primary N) is 1. The second-order valence-electron chi connectivity index (χ2n) is 9.10. The minimum Gasteiger partial charge on any atom is -0.465 e. The summed E-state index contributed by atoms with van der Waals surface area (Å²) >= 11 is 0. The van der Waals surface area contributed by atoms with Crippen molar-refractivity contribution in [3.8, 4) is 0 Å². The van der Waals surface area contributed by atoms with Crippen molar-refractivity contribution in [2.24, 2.45) is 0 Å². The molecule has 0 spiro atoms. The summed E-state index contributed by atoms with van der Waals surface area (Å²) < 4.78 is 0. The molecule has 1 fully saturated rings. The van der Waals surface area contributed by atoms with Gasteiger partial charge in [0.2, 0.25) is 0 Å². The van der Waals surface area contributed by atoms with Crippen molar-refractivity contribution in [3.63, 3.8) is 0 Å². The summed E-state index contributed by atoms with van der Waals surface area (Å²) in [5.41, 5.74) is 5.91. The number of para-hydroxylation sites is 2. The van der Waals surface area contributed by atoms with Crippen LogP contribution >= 0.6 is 0 Å². The van der Waals surface area contributed by atoms with Crippen LogP contribution in [0.4, 0.5) is 21.9 Å². The third-order valence-electron chi connectivity index (χ3n) is 5.76. The number of carbonyl (C=O) groups is 3. The van der Waals surface area contributed by atoms with E-state index in [1.165, 1.54) is 4.90 Å². The molecule has 0 bridgehead atoms. The van der Waals surface area contributed by atoms with Crippen molar-refractivity contribution < 1.29 is 19.5 Å². The Morgan fingerprint density at radius 2 is 1.56 bits per heavy atom. The zero-order chi connectivity index (χ0) is 23.5. The van der Waals surface area contributed by atoms with Gasteiger partial charge in [0.15, 0.2) is 0 Å². The number of nitrogens with one attached hydrogen (secondary N) is 2. The molecular formula is C24H30N4O4. The summed E-state index contributed by atoms with van der Waals surface area (Å²) in [6.07, 6.45) is 1.41. The van der Waals surface area contributed by atoms with Gasteiger partial charge >= 0.3 is 6.09 Å². The highest BCUT2D eigenvalue weighted by Crippen LogP contribution is 2.40. The van der Waals surface area contributed by atoms with E-state index in [9.17, 15) is 19.5 Å². The molecule has 0 heterocycles. The van der Waals surface area contributed by atoms with Gasteiger partial charge in [-0.25, -0.2) is 4.79 Å². The SMILES string of the molecule is CC(C)(C)N(C(=O)O)C1(C(=O)Nc2ccc(C(=O)Nc3ccccc3N)cc2)CCCC1. The number of hydrogen-bond acceptors (Lipinski definition) is 4. The van der Waals surface area contributed by atoms with Gasteiger partial charge in [0.25, 0.3) is 11.8 Å². The molecule has 170 valence electrons. The fourth-order valence-corrected chi connectivity index (χ4v) is 4.38. The van der Waals surface area contributed by atoms with E-state index in [0.29, 0.717) is 35.5 Å². The molecule has 2 aromatic rings. The third-order valence-corrected chi connectivity index (χ3v) is 5.76. The first-order valence-corrected chi connectivity index (χ1v) is 10.7. The first-order chi connectivity index (χ1) is 15.0. The van der Waals surface area contributed by atoms with Crippen LogP contribution in [0.3, 0.4) is 0 Å². The van der Waals surface area contributed by atoms with Crippen molar-refractivity contribution in [1.82, 2.24) is 4.90 Å². The van der Waals surface area contributed by atoms with Crippen LogP contribution < -0.4 is 16.4 Å². The lowest BCUT2D eigenvalue weighted by molar-refractivity contribution is -0.130. The lowest BCUT2D eigenvalue weighted by Crippen LogP contribution is -2.63. The van der Waals surface area contributed by atoms with E-state index in [2.05, 4.69) is 10.6 Å². The smallest absolute Gasteiger partial charge is 0.408 e. The molecule has 2 aromatic carbocycles. The third kappa shape index (κ3) is 4.69. The molecule has 0 radical (unpaired) electrons. The fourth-order valence-electron chi connectivity index (χ4n) is 4.38. The average Bonchev–Trinajstić information content (AvgIpc) is 3.19. The van der Waals surface area contributed by atoms with E-state index in [0.717, 1.165) is 12.8 Å². The summed E-state index contributed by atoms with van der Waals surface area (Å²) in [5, 5.41) is 15.5. The molecule has 8 nitrogen and oxygen atoms in total. The maximum Gasteiger partial charge on any atom is 0.408 e. The van der Waals surface area contributed by atoms with Crippen LogP contribution in [0.1, 0.15) is 56.8 Å². The minimum atomic E-state index is -1.12. The van der Waals surface area contributed by atoms with Gasteiger partial charge in [-0.3, -0.25) is 14.5 Å². The van der Waals surface area contributed by atoms with Crippen LogP contribution in [0.25, 0.3) is 0 Å². The van der Waals surface area contributed by atoms with Gasteiger partial charge in [0.1, 0.15) is 5.54 Å². The van der Waals surface area contributed by atoms with Crippen LogP contribution in [-0.4, -0.2) is 39.0 Å². The number of amides is 3. The largest absolute Gasteiger partial charge is 0.465 e. The number of benzene rings is 2. The summed E-state index contributed by atoms with van der Waals surface area (Å²) in [6.45, 7) is 5.38. The van der Waals surface area contributed by atoms with Gasteiger partial charge in [0.05, 0.1) is 11.4 Å². The van der Waals surface area contributed by atoms with E-state index in [-0.39, 0.29) is 11.8 Å². The number of hydrogen-bond donors (Lipinski definition) is 4. The van der Waals surface area contributed by atoms with Gasteiger partial charge in [-0.15, -0.1) is 0 Å². The highest BCUT2D eigenvalue weighted by Gasteiger charge is 2.52. The molecule has 0 aliphatic heterocycles. The quantitative estimate of drug-likeness (QED) is 0.510. The van der Waals surface area contributed by atoms with E-state index in [1.54, 1.807) is 69.3 Å². The summed E-state index contributed by atoms with van der Waals surface area (Å²) in [6, 6.07) is 13.4. The van der Waals surface area contributed by atoms with Crippen LogP contribution in [0.2, 0.25) is 0 Å². The van der Waals surface area contributed by atoms with E-state index >= 15 is 0 Å². The predicted molar refractivity (Wildman–Crippen MR) is 125 cm³/mol. The molecule has 1 aliphatic carbocycles. The molecule has 1 aliphatic rings. The van der Waals surface area contributed by atoms with Crippen molar-refractivity contribution in [2.75, 3.05) is 16.4 Å². The number of rotatable bonds is 5. The molecule has 0 saturated heterocycles. The fraction of sp³-hybridized carbons (Fsp3) is 0.375. The molecule has 8 heteroatoms. The summed E-state index contributed by atoms with van der Waals surface area (Å²) in [7, 11) is 0. The highest BCUT2D eigenvalue weighted by atomic mass is 16.4. The number of nitrogen functional groups attached to an aromatic ring is 1. The molecule has 3 rings (SSSR count). The Bertz CT molecular complexity index is 1010. The average molecular weight is 439 g/mol. The van der Waals surface area contributed by atoms with Gasteiger partial charge in [-0.05, 0) is 70.0 Å². The molecule has 5 N–H and O–H groups in total. The Morgan fingerprint density at radius 3 is 2.09 bits per heavy atom. The van der Waals surface area contributed by atoms with E-state index < -0.39 is 17.2 Å². The summed E-state index contributed by atoms with van der Waals surface area (Å²) in [4.78, 5) is 39.2. The van der Waals surface area contributed by atoms with Crippen molar-refractivity contribution in [3.05, 3.63) is 54.1 Å². The normalized spacial score (nSPS) is 15.1. The number of nitrogens with zero attached hydrogens (tertiary/aromatic N) is 1. The molecule has 3 amide bonds. The van der Waals surface area contributed by atoms with Gasteiger partial charge < -0.3 is 21.5 Å². The van der Waals surface area contributed by atoms with Crippen molar-refractivity contribution in [1.29, 1.82) is 0 Å². The molecule has 0 aromatic heterocycles. The number of carbonyl (C=O) groups excluding carboxylic acids is 2. The Labute approximate surface area is 187 Å². The lowest BCUT2D eigenvalue weighted by Gasteiger charge is -2.46. The maximum atomic E-state index is 13.3. The molecule has 0 atom stereocenters. The first kappa shape index (κ1) is 23.1.